The molecule has 0 aliphatic rings. The molecule has 0 aliphatic carbocycles. The molecule has 0 saturated heterocycles. The van der Waals surface area contributed by atoms with Gasteiger partial charge in [0.25, 0.3) is 0 Å². The molecule has 0 spiro atoms. The number of halogens is 2. The highest BCUT2D eigenvalue weighted by Crippen LogP contribution is 2.30. The fourth-order valence-electron chi connectivity index (χ4n) is 1.06. The second-order valence-electron chi connectivity index (χ2n) is 2.92. The van der Waals surface area contributed by atoms with Crippen molar-refractivity contribution in [2.45, 2.75) is 19.8 Å². The topological polar surface area (TPSA) is 29.5 Å². The van der Waals surface area contributed by atoms with E-state index in [1.807, 2.05) is 6.92 Å². The Morgan fingerprint density at radius 2 is 2.07 bits per heavy atom. The molecule has 82 valence electrons. The van der Waals surface area contributed by atoms with Gasteiger partial charge >= 0.3 is 5.97 Å². The summed E-state index contributed by atoms with van der Waals surface area (Å²) >= 11 is 11.2. The second-order valence-corrected chi connectivity index (χ2v) is 3.77. The summed E-state index contributed by atoms with van der Waals surface area (Å²) in [6.45, 7) is 1.91. The summed E-state index contributed by atoms with van der Waals surface area (Å²) in [5, 5.41) is 0. The molecule has 0 unspecified atom stereocenters. The number of rotatable bonds is 4. The van der Waals surface area contributed by atoms with Crippen molar-refractivity contribution in [1.29, 1.82) is 0 Å². The smallest absolute Gasteiger partial charge is 0.311 e. The Kier molecular flexibility index (Phi) is 4.72. The van der Waals surface area contributed by atoms with Gasteiger partial charge in [-0.15, -0.1) is 0 Å². The third-order valence-electron chi connectivity index (χ3n) is 1.73. The Balaban J connectivity index is 2.80. The minimum Gasteiger partial charge on any atom is -0.424 e. The monoisotopic (exact) mass is 247 g/mol. The van der Waals surface area contributed by atoms with Crippen LogP contribution < -0.4 is 8.67 Å². The molecule has 0 heterocycles. The van der Waals surface area contributed by atoms with Crippen molar-refractivity contribution in [3.8, 4) is 5.75 Å². The van der Waals surface area contributed by atoms with Gasteiger partial charge in [-0.1, -0.05) is 19.1 Å². The Bertz CT molecular complexity index is 342. The van der Waals surface area contributed by atoms with Crippen molar-refractivity contribution in [2.75, 3.05) is 3.94 Å². The molecule has 0 aromatic heterocycles. The van der Waals surface area contributed by atoms with E-state index in [1.165, 1.54) is 0 Å². The summed E-state index contributed by atoms with van der Waals surface area (Å²) in [5.74, 6) is 0.0704. The van der Waals surface area contributed by atoms with Gasteiger partial charge in [0, 0.05) is 30.0 Å². The van der Waals surface area contributed by atoms with Crippen LogP contribution in [0.3, 0.4) is 0 Å². The van der Waals surface area contributed by atoms with E-state index in [0.29, 0.717) is 17.9 Å². The predicted octanol–water partition coefficient (Wildman–Crippen LogP) is 3.51. The number of esters is 1. The Labute approximate surface area is 98.8 Å². The van der Waals surface area contributed by atoms with Crippen molar-refractivity contribution in [3.05, 3.63) is 24.3 Å². The third kappa shape index (κ3) is 3.61. The van der Waals surface area contributed by atoms with Crippen LogP contribution in [0.25, 0.3) is 0 Å². The zero-order valence-corrected chi connectivity index (χ0v) is 9.76. The van der Waals surface area contributed by atoms with Crippen molar-refractivity contribution in [1.82, 2.24) is 0 Å². The largest absolute Gasteiger partial charge is 0.424 e. The molecule has 0 radical (unpaired) electrons. The number of carbonyl (C=O) groups is 1. The van der Waals surface area contributed by atoms with Gasteiger partial charge in [0.1, 0.15) is 5.69 Å². The van der Waals surface area contributed by atoms with E-state index >= 15 is 0 Å². The van der Waals surface area contributed by atoms with Crippen LogP contribution in [0.5, 0.6) is 5.75 Å². The lowest BCUT2D eigenvalue weighted by atomic mass is 10.3. The van der Waals surface area contributed by atoms with Gasteiger partial charge in [-0.2, -0.15) is 3.94 Å². The SMILES string of the molecule is CCCC(=O)Oc1ccccc1N(Cl)Cl. The van der Waals surface area contributed by atoms with Crippen molar-refractivity contribution >= 4 is 35.2 Å². The first-order valence-corrected chi connectivity index (χ1v) is 5.24. The quantitative estimate of drug-likeness (QED) is 0.464. The summed E-state index contributed by atoms with van der Waals surface area (Å²) in [7, 11) is 0. The number of para-hydroxylation sites is 2. The van der Waals surface area contributed by atoms with Crippen LogP contribution in [0.4, 0.5) is 5.69 Å². The normalized spacial score (nSPS) is 9.80. The van der Waals surface area contributed by atoms with Gasteiger partial charge in [0.15, 0.2) is 5.75 Å². The minimum absolute atomic E-state index is 0.292. The fourth-order valence-corrected chi connectivity index (χ4v) is 1.34. The molecule has 0 amide bonds. The maximum Gasteiger partial charge on any atom is 0.311 e. The van der Waals surface area contributed by atoms with Gasteiger partial charge in [-0.25, -0.2) is 0 Å². The van der Waals surface area contributed by atoms with E-state index in [4.69, 9.17) is 28.3 Å². The molecule has 1 rings (SSSR count). The molecule has 0 bridgehead atoms. The lowest BCUT2D eigenvalue weighted by Crippen LogP contribution is -2.08. The molecular weight excluding hydrogens is 237 g/mol. The number of carbonyl (C=O) groups excluding carboxylic acids is 1. The molecule has 1 aromatic rings. The van der Waals surface area contributed by atoms with Crippen LogP contribution in [0.1, 0.15) is 19.8 Å². The first-order chi connectivity index (χ1) is 7.15. The highest BCUT2D eigenvalue weighted by atomic mass is 35.5. The third-order valence-corrected chi connectivity index (χ3v) is 2.09. The molecule has 1 aromatic carbocycles. The van der Waals surface area contributed by atoms with Crippen LogP contribution >= 0.6 is 23.6 Å². The number of anilines is 1. The van der Waals surface area contributed by atoms with E-state index in [2.05, 4.69) is 0 Å². The van der Waals surface area contributed by atoms with Crippen LogP contribution in [-0.4, -0.2) is 5.97 Å². The van der Waals surface area contributed by atoms with Crippen molar-refractivity contribution < 1.29 is 9.53 Å². The maximum atomic E-state index is 11.3. The molecule has 3 nitrogen and oxygen atoms in total. The number of nitrogens with zero attached hydrogens (tertiary/aromatic N) is 1. The number of hydrogen-bond acceptors (Lipinski definition) is 3. The second kappa shape index (κ2) is 5.83. The molecule has 15 heavy (non-hydrogen) atoms. The van der Waals surface area contributed by atoms with E-state index in [-0.39, 0.29) is 5.97 Å². The average Bonchev–Trinajstić information content (AvgIpc) is 2.18. The van der Waals surface area contributed by atoms with Gasteiger partial charge in [-0.05, 0) is 18.6 Å². The number of hydrogen-bond donors (Lipinski definition) is 0. The highest BCUT2D eigenvalue weighted by Gasteiger charge is 2.11. The molecular formula is C10H11Cl2NO2. The highest BCUT2D eigenvalue weighted by molar-refractivity contribution is 6.49. The van der Waals surface area contributed by atoms with E-state index in [9.17, 15) is 4.79 Å². The Hall–Kier alpha value is -0.930. The maximum absolute atomic E-state index is 11.3. The Morgan fingerprint density at radius 1 is 1.40 bits per heavy atom. The van der Waals surface area contributed by atoms with Gasteiger partial charge in [0.05, 0.1) is 0 Å². The molecule has 0 N–H and O–H groups in total. The van der Waals surface area contributed by atoms with E-state index < -0.39 is 0 Å². The van der Waals surface area contributed by atoms with Crippen LogP contribution in [0.2, 0.25) is 0 Å². The van der Waals surface area contributed by atoms with Crippen LogP contribution in [0.15, 0.2) is 24.3 Å². The number of benzene rings is 1. The molecule has 0 fully saturated rings. The zero-order valence-electron chi connectivity index (χ0n) is 8.24. The summed E-state index contributed by atoms with van der Waals surface area (Å²) < 4.78 is 5.97. The lowest BCUT2D eigenvalue weighted by Gasteiger charge is -2.11. The van der Waals surface area contributed by atoms with Gasteiger partial charge in [-0.3, -0.25) is 4.79 Å². The lowest BCUT2D eigenvalue weighted by molar-refractivity contribution is -0.134. The first-order valence-electron chi connectivity index (χ1n) is 4.56. The molecule has 0 atom stereocenters. The van der Waals surface area contributed by atoms with E-state index in [1.54, 1.807) is 24.3 Å². The summed E-state index contributed by atoms with van der Waals surface area (Å²) in [4.78, 5) is 11.3. The summed E-state index contributed by atoms with van der Waals surface area (Å²) in [6, 6.07) is 6.80. The summed E-state index contributed by atoms with van der Waals surface area (Å²) in [6.07, 6.45) is 1.12. The van der Waals surface area contributed by atoms with Crippen molar-refractivity contribution in [3.63, 3.8) is 0 Å². The average molecular weight is 248 g/mol. The minimum atomic E-state index is -0.292. The standard InChI is InChI=1S/C10H11Cl2NO2/c1-2-5-10(14)15-9-7-4-3-6-8(9)13(11)12/h3-4,6-7H,2,5H2,1H3. The van der Waals surface area contributed by atoms with Gasteiger partial charge in [0.2, 0.25) is 0 Å². The number of ether oxygens (including phenoxy) is 1. The predicted molar refractivity (Wildman–Crippen MR) is 61.2 cm³/mol. The van der Waals surface area contributed by atoms with Gasteiger partial charge < -0.3 is 4.74 Å². The van der Waals surface area contributed by atoms with E-state index in [0.717, 1.165) is 10.4 Å². The molecule has 0 aliphatic heterocycles. The fraction of sp³-hybridized carbons (Fsp3) is 0.300. The van der Waals surface area contributed by atoms with Crippen molar-refractivity contribution in [2.24, 2.45) is 0 Å². The van der Waals surface area contributed by atoms with Crippen LogP contribution in [0, 0.1) is 0 Å². The first kappa shape index (κ1) is 12.1. The molecule has 5 heteroatoms. The Morgan fingerprint density at radius 3 is 2.67 bits per heavy atom. The molecule has 0 saturated carbocycles. The zero-order chi connectivity index (χ0) is 11.3. The summed E-state index contributed by atoms with van der Waals surface area (Å²) in [5.41, 5.74) is 0.449. The van der Waals surface area contributed by atoms with Crippen LogP contribution in [-0.2, 0) is 4.79 Å².